The van der Waals surface area contributed by atoms with Crippen molar-refractivity contribution in [3.05, 3.63) is 34.7 Å². The van der Waals surface area contributed by atoms with Crippen LogP contribution in [0.2, 0.25) is 5.02 Å². The predicted octanol–water partition coefficient (Wildman–Crippen LogP) is 2.72. The molecule has 0 unspecified atom stereocenters. The van der Waals surface area contributed by atoms with E-state index < -0.39 is 0 Å². The molecule has 0 radical (unpaired) electrons. The third-order valence-electron chi connectivity index (χ3n) is 2.25. The zero-order chi connectivity index (χ0) is 11.7. The fourth-order valence-electron chi connectivity index (χ4n) is 1.32. The summed E-state index contributed by atoms with van der Waals surface area (Å²) in [7, 11) is 0. The monoisotopic (exact) mass is 237 g/mol. The van der Waals surface area contributed by atoms with E-state index in [0.29, 0.717) is 11.7 Å². The molecule has 0 fully saturated rings. The van der Waals surface area contributed by atoms with Gasteiger partial charge in [-0.3, -0.25) is 0 Å². The van der Waals surface area contributed by atoms with Crippen LogP contribution in [0.15, 0.2) is 22.7 Å². The summed E-state index contributed by atoms with van der Waals surface area (Å²) in [6.07, 6.45) is 0. The lowest BCUT2D eigenvalue weighted by molar-refractivity contribution is 0.362. The molecular formula is C11H12ClN3O. The maximum Gasteiger partial charge on any atom is 0.243 e. The number of hydrogen-bond acceptors (Lipinski definition) is 4. The normalized spacial score (nSPS) is 12.8. The number of hydrogen-bond donors (Lipinski definition) is 1. The zero-order valence-corrected chi connectivity index (χ0v) is 9.82. The van der Waals surface area contributed by atoms with Crippen LogP contribution in [0.5, 0.6) is 0 Å². The largest absolute Gasteiger partial charge is 0.337 e. The molecule has 0 spiro atoms. The van der Waals surface area contributed by atoms with E-state index >= 15 is 0 Å². The van der Waals surface area contributed by atoms with Gasteiger partial charge in [0, 0.05) is 10.6 Å². The van der Waals surface area contributed by atoms with Crippen LogP contribution in [-0.2, 0) is 0 Å². The van der Waals surface area contributed by atoms with E-state index in [1.807, 2.05) is 25.1 Å². The third kappa shape index (κ3) is 2.08. The molecule has 2 rings (SSSR count). The first-order valence-electron chi connectivity index (χ1n) is 4.93. The summed E-state index contributed by atoms with van der Waals surface area (Å²) in [5.41, 5.74) is 7.49. The highest BCUT2D eigenvalue weighted by atomic mass is 35.5. The second kappa shape index (κ2) is 4.23. The molecule has 84 valence electrons. The average Bonchev–Trinajstić information content (AvgIpc) is 2.71. The first-order valence-corrected chi connectivity index (χ1v) is 5.31. The Labute approximate surface area is 98.4 Å². The molecule has 4 nitrogen and oxygen atoms in total. The third-order valence-corrected chi connectivity index (χ3v) is 2.67. The molecule has 0 bridgehead atoms. The Kier molecular flexibility index (Phi) is 2.94. The Morgan fingerprint density at radius 3 is 2.75 bits per heavy atom. The van der Waals surface area contributed by atoms with Gasteiger partial charge >= 0.3 is 0 Å². The van der Waals surface area contributed by atoms with E-state index in [1.54, 1.807) is 6.92 Å². The molecule has 0 aliphatic heterocycles. The average molecular weight is 238 g/mol. The minimum Gasteiger partial charge on any atom is -0.337 e. The van der Waals surface area contributed by atoms with Gasteiger partial charge in [-0.15, -0.1) is 0 Å². The van der Waals surface area contributed by atoms with Crippen LogP contribution in [-0.4, -0.2) is 10.1 Å². The minimum atomic E-state index is -0.255. The van der Waals surface area contributed by atoms with Gasteiger partial charge in [0.25, 0.3) is 0 Å². The lowest BCUT2D eigenvalue weighted by Gasteiger charge is -1.99. The zero-order valence-electron chi connectivity index (χ0n) is 9.07. The van der Waals surface area contributed by atoms with Crippen molar-refractivity contribution in [1.29, 1.82) is 0 Å². The van der Waals surface area contributed by atoms with Gasteiger partial charge in [0.15, 0.2) is 0 Å². The van der Waals surface area contributed by atoms with E-state index in [1.165, 1.54) is 0 Å². The Hall–Kier alpha value is -1.39. The fourth-order valence-corrected chi connectivity index (χ4v) is 1.44. The van der Waals surface area contributed by atoms with Gasteiger partial charge < -0.3 is 10.3 Å². The summed E-state index contributed by atoms with van der Waals surface area (Å²) in [6, 6.07) is 5.33. The van der Waals surface area contributed by atoms with Crippen LogP contribution in [0, 0.1) is 6.92 Å². The maximum atomic E-state index is 5.94. The van der Waals surface area contributed by atoms with Crippen molar-refractivity contribution in [2.75, 3.05) is 0 Å². The lowest BCUT2D eigenvalue weighted by atomic mass is 10.1. The molecule has 0 aliphatic carbocycles. The molecule has 0 aliphatic rings. The number of aromatic nitrogens is 2. The molecule has 2 aromatic rings. The van der Waals surface area contributed by atoms with Crippen LogP contribution in [0.25, 0.3) is 11.4 Å². The van der Waals surface area contributed by atoms with Crippen LogP contribution >= 0.6 is 11.6 Å². The van der Waals surface area contributed by atoms with Crippen molar-refractivity contribution < 1.29 is 4.52 Å². The highest BCUT2D eigenvalue weighted by Crippen LogP contribution is 2.23. The number of rotatable bonds is 2. The Bertz CT molecular complexity index is 508. The summed E-state index contributed by atoms with van der Waals surface area (Å²) in [6.45, 7) is 3.72. The van der Waals surface area contributed by atoms with Gasteiger partial charge in [-0.05, 0) is 37.6 Å². The van der Waals surface area contributed by atoms with Gasteiger partial charge in [0.05, 0.1) is 6.04 Å². The summed E-state index contributed by atoms with van der Waals surface area (Å²) in [4.78, 5) is 4.20. The van der Waals surface area contributed by atoms with E-state index in [-0.39, 0.29) is 6.04 Å². The molecule has 5 heteroatoms. The Morgan fingerprint density at radius 2 is 2.19 bits per heavy atom. The van der Waals surface area contributed by atoms with Crippen LogP contribution in [0.1, 0.15) is 24.4 Å². The lowest BCUT2D eigenvalue weighted by Crippen LogP contribution is -2.04. The summed E-state index contributed by atoms with van der Waals surface area (Å²) >= 11 is 5.94. The molecular weight excluding hydrogens is 226 g/mol. The predicted molar refractivity (Wildman–Crippen MR) is 62.1 cm³/mol. The highest BCUT2D eigenvalue weighted by Gasteiger charge is 2.12. The summed E-state index contributed by atoms with van der Waals surface area (Å²) in [5.74, 6) is 0.967. The van der Waals surface area contributed by atoms with Crippen molar-refractivity contribution in [3.63, 3.8) is 0 Å². The SMILES string of the molecule is Cc1cc(-c2noc([C@H](C)N)n2)ccc1Cl. The van der Waals surface area contributed by atoms with Crippen LogP contribution in [0.3, 0.4) is 0 Å². The first-order chi connectivity index (χ1) is 7.58. The number of benzene rings is 1. The summed E-state index contributed by atoms with van der Waals surface area (Å²) in [5, 5.41) is 4.59. The molecule has 16 heavy (non-hydrogen) atoms. The van der Waals surface area contributed by atoms with Crippen molar-refractivity contribution in [2.24, 2.45) is 5.73 Å². The highest BCUT2D eigenvalue weighted by molar-refractivity contribution is 6.31. The summed E-state index contributed by atoms with van der Waals surface area (Å²) < 4.78 is 5.03. The van der Waals surface area contributed by atoms with E-state index in [2.05, 4.69) is 10.1 Å². The van der Waals surface area contributed by atoms with Crippen molar-refractivity contribution in [3.8, 4) is 11.4 Å². The van der Waals surface area contributed by atoms with E-state index in [4.69, 9.17) is 21.9 Å². The van der Waals surface area contributed by atoms with Gasteiger partial charge in [-0.1, -0.05) is 16.8 Å². The minimum absolute atomic E-state index is 0.255. The molecule has 0 saturated heterocycles. The quantitative estimate of drug-likeness (QED) is 0.872. The van der Waals surface area contributed by atoms with Gasteiger partial charge in [0.2, 0.25) is 11.7 Å². The number of halogens is 1. The second-order valence-corrected chi connectivity index (χ2v) is 4.12. The fraction of sp³-hybridized carbons (Fsp3) is 0.273. The van der Waals surface area contributed by atoms with Gasteiger partial charge in [0.1, 0.15) is 0 Å². The Morgan fingerprint density at radius 1 is 1.44 bits per heavy atom. The number of nitrogens with two attached hydrogens (primary N) is 1. The standard InChI is InChI=1S/C11H12ClN3O/c1-6-5-8(3-4-9(6)12)10-14-11(7(2)13)16-15-10/h3-5,7H,13H2,1-2H3/t7-/m0/s1. The number of aryl methyl sites for hydroxylation is 1. The van der Waals surface area contributed by atoms with Gasteiger partial charge in [-0.25, -0.2) is 0 Å². The van der Waals surface area contributed by atoms with Crippen molar-refractivity contribution >= 4 is 11.6 Å². The van der Waals surface area contributed by atoms with Crippen LogP contribution in [0.4, 0.5) is 0 Å². The van der Waals surface area contributed by atoms with Crippen molar-refractivity contribution in [1.82, 2.24) is 10.1 Å². The van der Waals surface area contributed by atoms with Crippen LogP contribution < -0.4 is 5.73 Å². The smallest absolute Gasteiger partial charge is 0.243 e. The molecule has 0 amide bonds. The Balaban J connectivity index is 2.39. The second-order valence-electron chi connectivity index (χ2n) is 3.71. The van der Waals surface area contributed by atoms with E-state index in [9.17, 15) is 0 Å². The molecule has 0 saturated carbocycles. The molecule has 2 N–H and O–H groups in total. The molecule has 1 atom stereocenters. The van der Waals surface area contributed by atoms with Crippen molar-refractivity contribution in [2.45, 2.75) is 19.9 Å². The van der Waals surface area contributed by atoms with E-state index in [0.717, 1.165) is 16.1 Å². The first kappa shape index (κ1) is 11.1. The topological polar surface area (TPSA) is 64.9 Å². The van der Waals surface area contributed by atoms with Gasteiger partial charge in [-0.2, -0.15) is 4.98 Å². The maximum absolute atomic E-state index is 5.94. The molecule has 1 aromatic heterocycles. The number of nitrogens with zero attached hydrogens (tertiary/aromatic N) is 2. The molecule has 1 aromatic carbocycles. The molecule has 1 heterocycles.